The van der Waals surface area contributed by atoms with Crippen LogP contribution in [0.15, 0.2) is 48.5 Å². The summed E-state index contributed by atoms with van der Waals surface area (Å²) in [5, 5.41) is 16.7. The van der Waals surface area contributed by atoms with Gasteiger partial charge in [0.15, 0.2) is 0 Å². The number of halogens is 1. The van der Waals surface area contributed by atoms with Crippen LogP contribution in [-0.4, -0.2) is 55.0 Å². The maximum Gasteiger partial charge on any atom is 0.148 e. The fourth-order valence-corrected chi connectivity index (χ4v) is 3.56. The molecule has 1 fully saturated rings. The molecular formula is C22H23FN6. The predicted octanol–water partition coefficient (Wildman–Crippen LogP) is 3.34. The van der Waals surface area contributed by atoms with Gasteiger partial charge in [-0.1, -0.05) is 12.1 Å². The number of hydrogen-bond acceptors (Lipinski definition) is 5. The number of piperazine rings is 1. The number of aromatic nitrogens is 2. The van der Waals surface area contributed by atoms with E-state index in [1.807, 2.05) is 29.0 Å². The minimum atomic E-state index is -0.532. The van der Waals surface area contributed by atoms with E-state index in [1.54, 1.807) is 13.1 Å². The smallest absolute Gasteiger partial charge is 0.148 e. The van der Waals surface area contributed by atoms with Gasteiger partial charge >= 0.3 is 0 Å². The topological polar surface area (TPSA) is 60.1 Å². The molecule has 1 aliphatic rings. The monoisotopic (exact) mass is 390 g/mol. The number of nitrogens with zero attached hydrogens (tertiary/aromatic N) is 5. The largest absolute Gasteiger partial charge is 0.372 e. The highest BCUT2D eigenvalue weighted by Gasteiger charge is 2.17. The third-order valence-corrected chi connectivity index (χ3v) is 5.29. The molecule has 0 amide bonds. The summed E-state index contributed by atoms with van der Waals surface area (Å²) in [6.45, 7) is 4.03. The first-order valence-corrected chi connectivity index (χ1v) is 9.61. The maximum absolute atomic E-state index is 14.2. The molecule has 1 aromatic heterocycles. The molecule has 1 saturated heterocycles. The first kappa shape index (κ1) is 19.0. The van der Waals surface area contributed by atoms with E-state index in [-0.39, 0.29) is 5.56 Å². The molecule has 0 spiro atoms. The van der Waals surface area contributed by atoms with Gasteiger partial charge in [-0.3, -0.25) is 0 Å². The van der Waals surface area contributed by atoms with Crippen molar-refractivity contribution in [3.05, 3.63) is 59.9 Å². The highest BCUT2D eigenvalue weighted by atomic mass is 19.1. The Kier molecular flexibility index (Phi) is 5.19. The van der Waals surface area contributed by atoms with Crippen molar-refractivity contribution in [2.45, 2.75) is 0 Å². The summed E-state index contributed by atoms with van der Waals surface area (Å²) in [5.41, 5.74) is 3.51. The first-order valence-electron chi connectivity index (χ1n) is 9.61. The maximum atomic E-state index is 14.2. The minimum absolute atomic E-state index is 0.0331. The summed E-state index contributed by atoms with van der Waals surface area (Å²) < 4.78 is 16.0. The molecule has 0 unspecified atom stereocenters. The van der Waals surface area contributed by atoms with E-state index in [0.29, 0.717) is 11.4 Å². The van der Waals surface area contributed by atoms with E-state index in [2.05, 4.69) is 39.4 Å². The molecule has 0 saturated carbocycles. The van der Waals surface area contributed by atoms with Crippen LogP contribution in [0.2, 0.25) is 0 Å². The molecule has 4 rings (SSSR count). The zero-order valence-electron chi connectivity index (χ0n) is 16.6. The van der Waals surface area contributed by atoms with Gasteiger partial charge in [-0.25, -0.2) is 9.07 Å². The molecule has 0 aliphatic carbocycles. The van der Waals surface area contributed by atoms with Crippen LogP contribution in [0.25, 0.3) is 16.9 Å². The Hall–Kier alpha value is -3.37. The van der Waals surface area contributed by atoms with Crippen molar-refractivity contribution < 1.29 is 4.39 Å². The fraction of sp³-hybridized carbons (Fsp3) is 0.273. The number of likely N-dealkylation sites (N-methyl/N-ethyl adjacent to an activating group) is 1. The fourth-order valence-electron chi connectivity index (χ4n) is 3.56. The van der Waals surface area contributed by atoms with Crippen LogP contribution in [0.1, 0.15) is 5.56 Å². The standard InChI is InChI=1S/C22H23FN6/c1-25-22-14-21(16-6-7-17(15-24)20(23)12-16)29(26-22)19-5-3-4-18(13-19)28-10-8-27(2)9-11-28/h3-7,12-14H,8-11H2,1-2H3,(H,25,26). The van der Waals surface area contributed by atoms with Crippen LogP contribution >= 0.6 is 0 Å². The highest BCUT2D eigenvalue weighted by molar-refractivity contribution is 5.68. The van der Waals surface area contributed by atoms with Crippen LogP contribution in [0.4, 0.5) is 15.9 Å². The Bertz CT molecular complexity index is 1060. The second-order valence-electron chi connectivity index (χ2n) is 7.19. The Morgan fingerprint density at radius 3 is 2.48 bits per heavy atom. The van der Waals surface area contributed by atoms with Crippen molar-refractivity contribution in [3.8, 4) is 23.0 Å². The zero-order valence-corrected chi connectivity index (χ0v) is 16.6. The number of hydrogen-bond donors (Lipinski definition) is 1. The summed E-state index contributed by atoms with van der Waals surface area (Å²) in [7, 11) is 3.94. The third kappa shape index (κ3) is 3.80. The van der Waals surface area contributed by atoms with E-state index in [1.165, 1.54) is 12.1 Å². The molecule has 0 atom stereocenters. The molecule has 1 aliphatic heterocycles. The van der Waals surface area contributed by atoms with Crippen molar-refractivity contribution in [1.82, 2.24) is 14.7 Å². The van der Waals surface area contributed by atoms with Crippen LogP contribution in [0.3, 0.4) is 0 Å². The van der Waals surface area contributed by atoms with Crippen molar-refractivity contribution >= 4 is 11.5 Å². The highest BCUT2D eigenvalue weighted by Crippen LogP contribution is 2.29. The summed E-state index contributed by atoms with van der Waals surface area (Å²) >= 11 is 0. The van der Waals surface area contributed by atoms with Gasteiger partial charge in [0, 0.05) is 50.5 Å². The molecule has 29 heavy (non-hydrogen) atoms. The van der Waals surface area contributed by atoms with E-state index in [0.717, 1.165) is 43.2 Å². The van der Waals surface area contributed by atoms with Crippen LogP contribution < -0.4 is 10.2 Å². The van der Waals surface area contributed by atoms with E-state index in [4.69, 9.17) is 5.26 Å². The molecule has 3 aromatic rings. The normalized spacial score (nSPS) is 14.6. The van der Waals surface area contributed by atoms with Crippen molar-refractivity contribution in [3.63, 3.8) is 0 Å². The SMILES string of the molecule is CNc1cc(-c2ccc(C#N)c(F)c2)n(-c2cccc(N3CCN(C)CC3)c2)n1. The lowest BCUT2D eigenvalue weighted by Gasteiger charge is -2.34. The summed E-state index contributed by atoms with van der Waals surface area (Å²) in [6, 6.07) is 16.6. The Morgan fingerprint density at radius 2 is 1.79 bits per heavy atom. The quantitative estimate of drug-likeness (QED) is 0.740. The van der Waals surface area contributed by atoms with Crippen molar-refractivity contribution in [2.24, 2.45) is 0 Å². The molecular weight excluding hydrogens is 367 g/mol. The Labute approximate surface area is 169 Å². The lowest BCUT2D eigenvalue weighted by atomic mass is 10.1. The summed E-state index contributed by atoms with van der Waals surface area (Å²) in [5.74, 6) is 0.157. The Morgan fingerprint density at radius 1 is 1.03 bits per heavy atom. The lowest BCUT2D eigenvalue weighted by Crippen LogP contribution is -2.44. The number of nitriles is 1. The van der Waals surface area contributed by atoms with Crippen LogP contribution in [0.5, 0.6) is 0 Å². The molecule has 6 nitrogen and oxygen atoms in total. The molecule has 2 aromatic carbocycles. The number of benzene rings is 2. The van der Waals surface area contributed by atoms with E-state index in [9.17, 15) is 4.39 Å². The second kappa shape index (κ2) is 7.94. The average Bonchev–Trinajstić information content (AvgIpc) is 3.19. The van der Waals surface area contributed by atoms with Crippen molar-refractivity contribution in [2.75, 3.05) is 50.5 Å². The van der Waals surface area contributed by atoms with Gasteiger partial charge in [-0.15, -0.1) is 5.10 Å². The van der Waals surface area contributed by atoms with Crippen molar-refractivity contribution in [1.29, 1.82) is 5.26 Å². The Balaban J connectivity index is 1.74. The minimum Gasteiger partial charge on any atom is -0.372 e. The van der Waals surface area contributed by atoms with Gasteiger partial charge in [0.05, 0.1) is 16.9 Å². The lowest BCUT2D eigenvalue weighted by molar-refractivity contribution is 0.313. The number of rotatable bonds is 4. The molecule has 1 N–H and O–H groups in total. The molecule has 2 heterocycles. The molecule has 0 radical (unpaired) electrons. The molecule has 0 bridgehead atoms. The van der Waals surface area contributed by atoms with Crippen LogP contribution in [-0.2, 0) is 0 Å². The van der Waals surface area contributed by atoms with Gasteiger partial charge in [0.25, 0.3) is 0 Å². The average molecular weight is 390 g/mol. The van der Waals surface area contributed by atoms with Crippen LogP contribution in [0, 0.1) is 17.1 Å². The van der Waals surface area contributed by atoms with Gasteiger partial charge < -0.3 is 15.1 Å². The number of nitrogens with one attached hydrogen (secondary N) is 1. The molecule has 148 valence electrons. The summed E-state index contributed by atoms with van der Waals surface area (Å²) in [6.07, 6.45) is 0. The van der Waals surface area contributed by atoms with E-state index >= 15 is 0 Å². The van der Waals surface area contributed by atoms with Gasteiger partial charge in [0.1, 0.15) is 17.7 Å². The summed E-state index contributed by atoms with van der Waals surface area (Å²) in [4.78, 5) is 4.69. The van der Waals surface area contributed by atoms with Gasteiger partial charge in [0.2, 0.25) is 0 Å². The zero-order chi connectivity index (χ0) is 20.4. The van der Waals surface area contributed by atoms with Gasteiger partial charge in [-0.2, -0.15) is 5.26 Å². The van der Waals surface area contributed by atoms with E-state index < -0.39 is 5.82 Å². The first-order chi connectivity index (χ1) is 14.1. The predicted molar refractivity (Wildman–Crippen MR) is 113 cm³/mol. The van der Waals surface area contributed by atoms with Gasteiger partial charge in [-0.05, 0) is 37.4 Å². The third-order valence-electron chi connectivity index (χ3n) is 5.29. The molecule has 7 heteroatoms. The second-order valence-corrected chi connectivity index (χ2v) is 7.19. The number of anilines is 2.